The fraction of sp³-hybridized carbons (Fsp3) is 1.00. The quantitative estimate of drug-likeness (QED) is 0.786. The molecule has 3 heteroatoms. The topological polar surface area (TPSA) is 24.5 Å². The van der Waals surface area contributed by atoms with Gasteiger partial charge >= 0.3 is 0 Å². The van der Waals surface area contributed by atoms with E-state index in [1.165, 1.54) is 51.9 Å². The van der Waals surface area contributed by atoms with E-state index in [4.69, 9.17) is 4.74 Å². The van der Waals surface area contributed by atoms with E-state index in [-0.39, 0.29) is 0 Å². The third-order valence-corrected chi connectivity index (χ3v) is 5.33. The molecule has 3 fully saturated rings. The van der Waals surface area contributed by atoms with Crippen LogP contribution < -0.4 is 5.32 Å². The largest absolute Gasteiger partial charge is 0.380 e. The Morgan fingerprint density at radius 2 is 1.88 bits per heavy atom. The average Bonchev–Trinajstić information content (AvgIpc) is 2.29. The molecule has 0 amide bonds. The van der Waals surface area contributed by atoms with Crippen molar-refractivity contribution in [3.05, 3.63) is 0 Å². The molecule has 0 aromatic heterocycles. The smallest absolute Gasteiger partial charge is 0.0550 e. The van der Waals surface area contributed by atoms with Crippen LogP contribution in [0.5, 0.6) is 0 Å². The van der Waals surface area contributed by atoms with Gasteiger partial charge in [-0.2, -0.15) is 0 Å². The van der Waals surface area contributed by atoms with Crippen molar-refractivity contribution in [3.8, 4) is 0 Å². The molecule has 1 unspecified atom stereocenters. The van der Waals surface area contributed by atoms with E-state index in [0.717, 1.165) is 25.0 Å². The molecule has 17 heavy (non-hydrogen) atoms. The molecule has 98 valence electrons. The van der Waals surface area contributed by atoms with Crippen LogP contribution in [0.25, 0.3) is 0 Å². The van der Waals surface area contributed by atoms with Crippen molar-refractivity contribution in [2.24, 2.45) is 17.3 Å². The molecule has 3 aliphatic heterocycles. The van der Waals surface area contributed by atoms with Crippen molar-refractivity contribution < 1.29 is 4.74 Å². The van der Waals surface area contributed by atoms with Crippen molar-refractivity contribution in [1.82, 2.24) is 10.2 Å². The fourth-order valence-corrected chi connectivity index (χ4v) is 4.18. The minimum Gasteiger partial charge on any atom is -0.380 e. The molecule has 1 N–H and O–H groups in total. The summed E-state index contributed by atoms with van der Waals surface area (Å²) in [6, 6.07) is 0. The standard InChI is InChI=1S/C14H26N2O/c1-16-8-2-3-13(9-16)14(10-17-11-14)12-4-6-15-7-5-12/h12-13,15H,2-11H2,1H3. The highest BCUT2D eigenvalue weighted by Crippen LogP contribution is 2.49. The molecule has 0 aliphatic carbocycles. The van der Waals surface area contributed by atoms with Gasteiger partial charge < -0.3 is 15.0 Å². The number of hydrogen-bond acceptors (Lipinski definition) is 3. The summed E-state index contributed by atoms with van der Waals surface area (Å²) in [6.07, 6.45) is 5.54. The first-order valence-electron chi connectivity index (χ1n) is 7.28. The number of nitrogens with one attached hydrogen (secondary N) is 1. The zero-order valence-corrected chi connectivity index (χ0v) is 11.1. The van der Waals surface area contributed by atoms with Gasteiger partial charge in [0.25, 0.3) is 0 Å². The second-order valence-corrected chi connectivity index (χ2v) is 6.35. The van der Waals surface area contributed by atoms with Crippen LogP contribution >= 0.6 is 0 Å². The van der Waals surface area contributed by atoms with E-state index in [2.05, 4.69) is 17.3 Å². The normalized spacial score (nSPS) is 35.5. The third-order valence-electron chi connectivity index (χ3n) is 5.33. The second kappa shape index (κ2) is 4.87. The summed E-state index contributed by atoms with van der Waals surface area (Å²) in [5, 5.41) is 3.50. The maximum atomic E-state index is 5.64. The van der Waals surface area contributed by atoms with Gasteiger partial charge in [0.05, 0.1) is 13.2 Å². The van der Waals surface area contributed by atoms with E-state index in [1.807, 2.05) is 0 Å². The molecule has 0 aromatic rings. The van der Waals surface area contributed by atoms with Crippen LogP contribution in [0.15, 0.2) is 0 Å². The molecule has 1 atom stereocenters. The maximum Gasteiger partial charge on any atom is 0.0550 e. The van der Waals surface area contributed by atoms with Crippen molar-refractivity contribution in [1.29, 1.82) is 0 Å². The summed E-state index contributed by atoms with van der Waals surface area (Å²) in [5.74, 6) is 1.80. The Bertz CT molecular complexity index is 259. The van der Waals surface area contributed by atoms with Crippen LogP contribution in [0.4, 0.5) is 0 Å². The lowest BCUT2D eigenvalue weighted by Gasteiger charge is -2.55. The molecule has 0 saturated carbocycles. The number of rotatable bonds is 2. The zero-order chi connectivity index (χ0) is 11.7. The van der Waals surface area contributed by atoms with E-state index in [1.54, 1.807) is 0 Å². The second-order valence-electron chi connectivity index (χ2n) is 6.35. The highest BCUT2D eigenvalue weighted by Gasteiger charge is 2.51. The number of hydrogen-bond donors (Lipinski definition) is 1. The number of piperidine rings is 2. The van der Waals surface area contributed by atoms with Crippen molar-refractivity contribution >= 4 is 0 Å². The van der Waals surface area contributed by atoms with Gasteiger partial charge in [0.1, 0.15) is 0 Å². The predicted molar refractivity (Wildman–Crippen MR) is 69.1 cm³/mol. The SMILES string of the molecule is CN1CCCC(C2(C3CCNCC3)COC2)C1. The summed E-state index contributed by atoms with van der Waals surface area (Å²) in [6.45, 7) is 7.10. The monoisotopic (exact) mass is 238 g/mol. The summed E-state index contributed by atoms with van der Waals surface area (Å²) in [5.41, 5.74) is 0.538. The molecular formula is C14H26N2O. The minimum atomic E-state index is 0.538. The van der Waals surface area contributed by atoms with Crippen LogP contribution in [0, 0.1) is 17.3 Å². The molecular weight excluding hydrogens is 212 g/mol. The fourth-order valence-electron chi connectivity index (χ4n) is 4.18. The van der Waals surface area contributed by atoms with Gasteiger partial charge in [0, 0.05) is 12.0 Å². The van der Waals surface area contributed by atoms with Crippen LogP contribution in [0.3, 0.4) is 0 Å². The van der Waals surface area contributed by atoms with Gasteiger partial charge in [-0.05, 0) is 64.2 Å². The van der Waals surface area contributed by atoms with Crippen LogP contribution in [-0.2, 0) is 4.74 Å². The molecule has 0 spiro atoms. The Kier molecular flexibility index (Phi) is 3.42. The van der Waals surface area contributed by atoms with Gasteiger partial charge in [-0.15, -0.1) is 0 Å². The van der Waals surface area contributed by atoms with Crippen molar-refractivity contribution in [2.45, 2.75) is 25.7 Å². The Morgan fingerprint density at radius 1 is 1.12 bits per heavy atom. The Morgan fingerprint density at radius 3 is 2.47 bits per heavy atom. The molecule has 0 bridgehead atoms. The minimum absolute atomic E-state index is 0.538. The van der Waals surface area contributed by atoms with Gasteiger partial charge in [-0.1, -0.05) is 0 Å². The van der Waals surface area contributed by atoms with E-state index >= 15 is 0 Å². The van der Waals surface area contributed by atoms with E-state index in [9.17, 15) is 0 Å². The van der Waals surface area contributed by atoms with Crippen molar-refractivity contribution in [2.75, 3.05) is 46.4 Å². The lowest BCUT2D eigenvalue weighted by molar-refractivity contribution is -0.191. The molecule has 3 saturated heterocycles. The maximum absolute atomic E-state index is 5.64. The summed E-state index contributed by atoms with van der Waals surface area (Å²) < 4.78 is 5.64. The molecule has 0 aromatic carbocycles. The molecule has 3 aliphatic rings. The third kappa shape index (κ3) is 2.13. The van der Waals surface area contributed by atoms with Gasteiger partial charge in [-0.25, -0.2) is 0 Å². The van der Waals surface area contributed by atoms with Gasteiger partial charge in [0.2, 0.25) is 0 Å². The van der Waals surface area contributed by atoms with E-state index in [0.29, 0.717) is 5.41 Å². The average molecular weight is 238 g/mol. The highest BCUT2D eigenvalue weighted by atomic mass is 16.5. The zero-order valence-electron chi connectivity index (χ0n) is 11.1. The number of likely N-dealkylation sites (tertiary alicyclic amines) is 1. The summed E-state index contributed by atoms with van der Waals surface area (Å²) >= 11 is 0. The Balaban J connectivity index is 1.71. The van der Waals surface area contributed by atoms with Gasteiger partial charge in [-0.3, -0.25) is 0 Å². The Hall–Kier alpha value is -0.120. The number of nitrogens with zero attached hydrogens (tertiary/aromatic N) is 1. The predicted octanol–water partition coefficient (Wildman–Crippen LogP) is 1.34. The van der Waals surface area contributed by atoms with Crippen molar-refractivity contribution in [3.63, 3.8) is 0 Å². The summed E-state index contributed by atoms with van der Waals surface area (Å²) in [7, 11) is 2.28. The summed E-state index contributed by atoms with van der Waals surface area (Å²) in [4.78, 5) is 2.52. The van der Waals surface area contributed by atoms with Crippen LogP contribution in [0.1, 0.15) is 25.7 Å². The first-order valence-corrected chi connectivity index (χ1v) is 7.28. The van der Waals surface area contributed by atoms with Crippen LogP contribution in [0.2, 0.25) is 0 Å². The van der Waals surface area contributed by atoms with Crippen LogP contribution in [-0.4, -0.2) is 51.3 Å². The van der Waals surface area contributed by atoms with E-state index < -0.39 is 0 Å². The highest BCUT2D eigenvalue weighted by molar-refractivity contribution is 5.00. The Labute approximate surface area is 105 Å². The lowest BCUT2D eigenvalue weighted by atomic mass is 9.60. The molecule has 3 rings (SSSR count). The lowest BCUT2D eigenvalue weighted by Crippen LogP contribution is -2.58. The number of ether oxygens (including phenoxy) is 1. The molecule has 3 nitrogen and oxygen atoms in total. The molecule has 3 heterocycles. The first kappa shape index (κ1) is 11.9. The molecule has 0 radical (unpaired) electrons. The first-order chi connectivity index (χ1) is 8.31. The van der Waals surface area contributed by atoms with Gasteiger partial charge in [0.15, 0.2) is 0 Å².